The molecule has 152 valence electrons. The third-order valence-electron chi connectivity index (χ3n) is 3.91. The van der Waals surface area contributed by atoms with Gasteiger partial charge in [0, 0.05) is 31.0 Å². The lowest BCUT2D eigenvalue weighted by molar-refractivity contribution is 0.474. The first-order valence-electron chi connectivity index (χ1n) is 9.13. The number of hydrogen-bond donors (Lipinski definition) is 4. The second-order valence-electron chi connectivity index (χ2n) is 6.33. The number of rotatable bonds is 4. The number of hydrogen-bond acceptors (Lipinski definition) is 6. The van der Waals surface area contributed by atoms with Gasteiger partial charge >= 0.3 is 0 Å². The molecule has 0 spiro atoms. The van der Waals surface area contributed by atoms with Crippen molar-refractivity contribution >= 4 is 34.9 Å². The average molecular weight is 435 g/mol. The van der Waals surface area contributed by atoms with E-state index in [2.05, 4.69) is 0 Å². The van der Waals surface area contributed by atoms with Crippen molar-refractivity contribution in [2.45, 2.75) is 19.6 Å². The van der Waals surface area contributed by atoms with Crippen LogP contribution in [0.15, 0.2) is 117 Å². The normalized spacial score (nSPS) is 10.1. The van der Waals surface area contributed by atoms with Crippen molar-refractivity contribution in [1.82, 2.24) is 0 Å². The molecule has 0 aliphatic rings. The summed E-state index contributed by atoms with van der Waals surface area (Å²) >= 11 is 3.28. The SMILES string of the molecule is Nc1ccc(Sc2ccc(O)cc2)cc1.Nc1ccc(Sc2ccc(O)cc2)cc1. The van der Waals surface area contributed by atoms with E-state index in [-0.39, 0.29) is 11.5 Å². The summed E-state index contributed by atoms with van der Waals surface area (Å²) in [5.74, 6) is 0.577. The number of aromatic hydroxyl groups is 2. The van der Waals surface area contributed by atoms with Gasteiger partial charge in [0.15, 0.2) is 0 Å². The molecule has 6 heteroatoms. The van der Waals surface area contributed by atoms with Crippen molar-refractivity contribution in [3.8, 4) is 11.5 Å². The van der Waals surface area contributed by atoms with Crippen molar-refractivity contribution in [3.63, 3.8) is 0 Å². The minimum Gasteiger partial charge on any atom is -0.508 e. The van der Waals surface area contributed by atoms with Gasteiger partial charge in [0.1, 0.15) is 11.5 Å². The van der Waals surface area contributed by atoms with Crippen LogP contribution in [0, 0.1) is 0 Å². The van der Waals surface area contributed by atoms with E-state index < -0.39 is 0 Å². The molecule has 0 aliphatic carbocycles. The predicted molar refractivity (Wildman–Crippen MR) is 126 cm³/mol. The van der Waals surface area contributed by atoms with Crippen LogP contribution in [-0.4, -0.2) is 10.2 Å². The largest absolute Gasteiger partial charge is 0.508 e. The second kappa shape index (κ2) is 10.5. The Hall–Kier alpha value is -3.22. The average Bonchev–Trinajstić information content (AvgIpc) is 2.75. The molecule has 0 radical (unpaired) electrons. The van der Waals surface area contributed by atoms with Crippen molar-refractivity contribution in [2.75, 3.05) is 11.5 Å². The molecule has 0 saturated carbocycles. The van der Waals surface area contributed by atoms with E-state index in [0.717, 1.165) is 31.0 Å². The topological polar surface area (TPSA) is 92.5 Å². The Balaban J connectivity index is 0.000000171. The van der Waals surface area contributed by atoms with Gasteiger partial charge in [-0.3, -0.25) is 0 Å². The first kappa shape index (κ1) is 21.5. The molecule has 0 amide bonds. The Labute approximate surface area is 184 Å². The zero-order valence-electron chi connectivity index (χ0n) is 16.1. The van der Waals surface area contributed by atoms with Crippen LogP contribution in [-0.2, 0) is 0 Å². The van der Waals surface area contributed by atoms with Gasteiger partial charge in [0.2, 0.25) is 0 Å². The van der Waals surface area contributed by atoms with Crippen LogP contribution in [0.1, 0.15) is 0 Å². The molecule has 4 aromatic rings. The molecule has 0 unspecified atom stereocenters. The van der Waals surface area contributed by atoms with E-state index in [1.54, 1.807) is 47.8 Å². The first-order valence-corrected chi connectivity index (χ1v) is 10.8. The summed E-state index contributed by atoms with van der Waals surface area (Å²) in [6.07, 6.45) is 0. The zero-order chi connectivity index (χ0) is 21.3. The molecule has 0 fully saturated rings. The van der Waals surface area contributed by atoms with Crippen LogP contribution in [0.4, 0.5) is 11.4 Å². The summed E-state index contributed by atoms with van der Waals surface area (Å²) < 4.78 is 0. The fourth-order valence-electron chi connectivity index (χ4n) is 2.37. The van der Waals surface area contributed by atoms with Crippen molar-refractivity contribution in [3.05, 3.63) is 97.1 Å². The van der Waals surface area contributed by atoms with Crippen molar-refractivity contribution < 1.29 is 10.2 Å². The van der Waals surface area contributed by atoms with Crippen LogP contribution in [0.2, 0.25) is 0 Å². The van der Waals surface area contributed by atoms with Gasteiger partial charge in [-0.25, -0.2) is 0 Å². The Morgan fingerprint density at radius 1 is 0.400 bits per heavy atom. The lowest BCUT2D eigenvalue weighted by Crippen LogP contribution is -1.82. The molecule has 0 saturated heterocycles. The highest BCUT2D eigenvalue weighted by Crippen LogP contribution is 2.30. The van der Waals surface area contributed by atoms with Crippen molar-refractivity contribution in [2.24, 2.45) is 0 Å². The van der Waals surface area contributed by atoms with Crippen molar-refractivity contribution in [1.29, 1.82) is 0 Å². The molecule has 30 heavy (non-hydrogen) atoms. The van der Waals surface area contributed by atoms with Gasteiger partial charge in [-0.1, -0.05) is 23.5 Å². The minimum atomic E-state index is 0.289. The number of anilines is 2. The van der Waals surface area contributed by atoms with Gasteiger partial charge in [0.05, 0.1) is 0 Å². The second-order valence-corrected chi connectivity index (χ2v) is 8.62. The Morgan fingerprint density at radius 2 is 0.633 bits per heavy atom. The molecular formula is C24H22N2O2S2. The summed E-state index contributed by atoms with van der Waals surface area (Å²) in [5.41, 5.74) is 12.7. The molecule has 0 atom stereocenters. The summed E-state index contributed by atoms with van der Waals surface area (Å²) in [6.45, 7) is 0. The van der Waals surface area contributed by atoms with E-state index >= 15 is 0 Å². The fraction of sp³-hybridized carbons (Fsp3) is 0. The van der Waals surface area contributed by atoms with E-state index in [1.807, 2.05) is 72.8 Å². The Bertz CT molecular complexity index is 874. The molecule has 4 rings (SSSR count). The van der Waals surface area contributed by atoms with Crippen LogP contribution < -0.4 is 11.5 Å². The smallest absolute Gasteiger partial charge is 0.115 e. The maximum absolute atomic E-state index is 9.13. The van der Waals surface area contributed by atoms with Gasteiger partial charge in [-0.15, -0.1) is 0 Å². The maximum Gasteiger partial charge on any atom is 0.115 e. The standard InChI is InChI=1S/2C12H11NOS/c2*13-9-1-5-11(6-2-9)15-12-7-3-10(14)4-8-12/h2*1-8,14H,13H2. The van der Waals surface area contributed by atoms with Crippen LogP contribution in [0.5, 0.6) is 11.5 Å². The Kier molecular flexibility index (Phi) is 7.54. The summed E-state index contributed by atoms with van der Waals surface area (Å²) in [5, 5.41) is 18.3. The lowest BCUT2D eigenvalue weighted by atomic mass is 10.3. The quantitative estimate of drug-likeness (QED) is 0.284. The molecular weight excluding hydrogens is 412 g/mol. The van der Waals surface area contributed by atoms with E-state index in [1.165, 1.54) is 0 Å². The zero-order valence-corrected chi connectivity index (χ0v) is 17.7. The van der Waals surface area contributed by atoms with Crippen LogP contribution in [0.3, 0.4) is 0 Å². The van der Waals surface area contributed by atoms with Crippen LogP contribution in [0.25, 0.3) is 0 Å². The third-order valence-corrected chi connectivity index (χ3v) is 5.94. The minimum absolute atomic E-state index is 0.289. The van der Waals surface area contributed by atoms with E-state index in [0.29, 0.717) is 0 Å². The number of phenolic OH excluding ortho intramolecular Hbond substituents is 2. The van der Waals surface area contributed by atoms with Gasteiger partial charge in [-0.2, -0.15) is 0 Å². The molecule has 0 heterocycles. The van der Waals surface area contributed by atoms with Gasteiger partial charge in [0.25, 0.3) is 0 Å². The lowest BCUT2D eigenvalue weighted by Gasteiger charge is -2.02. The van der Waals surface area contributed by atoms with E-state index in [4.69, 9.17) is 21.7 Å². The maximum atomic E-state index is 9.13. The fourth-order valence-corrected chi connectivity index (χ4v) is 4.01. The Morgan fingerprint density at radius 3 is 0.900 bits per heavy atom. The molecule has 0 aliphatic heterocycles. The molecule has 0 aromatic heterocycles. The molecule has 6 N–H and O–H groups in total. The highest BCUT2D eigenvalue weighted by Gasteiger charge is 1.98. The monoisotopic (exact) mass is 434 g/mol. The summed E-state index contributed by atoms with van der Waals surface area (Å²) in [4.78, 5) is 4.46. The van der Waals surface area contributed by atoms with E-state index in [9.17, 15) is 0 Å². The molecule has 4 aromatic carbocycles. The van der Waals surface area contributed by atoms with Gasteiger partial charge < -0.3 is 21.7 Å². The number of phenols is 2. The number of nitrogen functional groups attached to an aromatic ring is 2. The summed E-state index contributed by atoms with van der Waals surface area (Å²) in [7, 11) is 0. The molecule has 4 nitrogen and oxygen atoms in total. The highest BCUT2D eigenvalue weighted by atomic mass is 32.2. The predicted octanol–water partition coefficient (Wildman–Crippen LogP) is 6.25. The third kappa shape index (κ3) is 6.99. The van der Waals surface area contributed by atoms with Crippen LogP contribution >= 0.6 is 23.5 Å². The highest BCUT2D eigenvalue weighted by molar-refractivity contribution is 7.99. The van der Waals surface area contributed by atoms with Gasteiger partial charge in [-0.05, 0) is 97.1 Å². The molecule has 0 bridgehead atoms. The first-order chi connectivity index (χ1) is 14.5. The summed E-state index contributed by atoms with van der Waals surface area (Å²) in [6, 6.07) is 29.7. The number of benzene rings is 4. The number of nitrogens with two attached hydrogens (primary N) is 2.